The summed E-state index contributed by atoms with van der Waals surface area (Å²) in [5.41, 5.74) is 0.209. The van der Waals surface area contributed by atoms with E-state index >= 15 is 0 Å². The van der Waals surface area contributed by atoms with Gasteiger partial charge in [-0.15, -0.1) is 0 Å². The van der Waals surface area contributed by atoms with E-state index < -0.39 is 11.9 Å². The summed E-state index contributed by atoms with van der Waals surface area (Å²) < 4.78 is 4.58. The Hall–Kier alpha value is -2.47. The molecular formula is C15H12O5S. The summed E-state index contributed by atoms with van der Waals surface area (Å²) in [7, 11) is 1.24. The van der Waals surface area contributed by atoms with E-state index in [1.54, 1.807) is 18.2 Å². The van der Waals surface area contributed by atoms with Gasteiger partial charge in [0, 0.05) is 9.79 Å². The number of methoxy groups -OCH3 is 1. The van der Waals surface area contributed by atoms with Gasteiger partial charge < -0.3 is 14.9 Å². The molecule has 2 rings (SSSR count). The normalized spacial score (nSPS) is 10.1. The number of aromatic hydroxyl groups is 1. The molecule has 0 radical (unpaired) electrons. The van der Waals surface area contributed by atoms with Crippen molar-refractivity contribution in [2.75, 3.05) is 7.11 Å². The number of carboxylic acids is 1. The van der Waals surface area contributed by atoms with Crippen LogP contribution in [0.4, 0.5) is 0 Å². The molecule has 0 aliphatic heterocycles. The fraction of sp³-hybridized carbons (Fsp3) is 0.0667. The molecule has 0 unspecified atom stereocenters. The second-order valence-electron chi connectivity index (χ2n) is 4.10. The molecule has 2 aromatic rings. The molecule has 21 heavy (non-hydrogen) atoms. The summed E-state index contributed by atoms with van der Waals surface area (Å²) in [5.74, 6) is -1.57. The van der Waals surface area contributed by atoms with Gasteiger partial charge in [0.1, 0.15) is 5.75 Å². The molecule has 5 nitrogen and oxygen atoms in total. The van der Waals surface area contributed by atoms with Crippen molar-refractivity contribution in [3.05, 3.63) is 53.6 Å². The molecule has 0 aromatic heterocycles. The van der Waals surface area contributed by atoms with Crippen molar-refractivity contribution >= 4 is 23.7 Å². The first kappa shape index (κ1) is 14.9. The zero-order valence-electron chi connectivity index (χ0n) is 11.1. The lowest BCUT2D eigenvalue weighted by atomic mass is 10.1. The Morgan fingerprint density at radius 3 is 2.33 bits per heavy atom. The molecule has 108 valence electrons. The van der Waals surface area contributed by atoms with Crippen molar-refractivity contribution in [2.24, 2.45) is 0 Å². The second-order valence-corrected chi connectivity index (χ2v) is 5.22. The summed E-state index contributed by atoms with van der Waals surface area (Å²) in [6.45, 7) is 0. The van der Waals surface area contributed by atoms with Crippen LogP contribution in [0.1, 0.15) is 20.7 Å². The maximum Gasteiger partial charge on any atom is 0.337 e. The van der Waals surface area contributed by atoms with E-state index in [2.05, 4.69) is 4.74 Å². The SMILES string of the molecule is COC(=O)c1ccc(Sc2ccc(O)cc2)c(C(=O)O)c1. The Balaban J connectivity index is 2.36. The molecule has 6 heteroatoms. The van der Waals surface area contributed by atoms with Crippen LogP contribution >= 0.6 is 11.8 Å². The zero-order chi connectivity index (χ0) is 15.4. The molecule has 0 saturated heterocycles. The summed E-state index contributed by atoms with van der Waals surface area (Å²) in [5, 5.41) is 18.5. The number of ether oxygens (including phenoxy) is 1. The molecule has 0 bridgehead atoms. The van der Waals surface area contributed by atoms with Crippen LogP contribution in [0, 0.1) is 0 Å². The maximum atomic E-state index is 11.4. The van der Waals surface area contributed by atoms with Crippen molar-refractivity contribution in [1.29, 1.82) is 0 Å². The van der Waals surface area contributed by atoms with Gasteiger partial charge in [-0.05, 0) is 42.5 Å². The van der Waals surface area contributed by atoms with Gasteiger partial charge in [0.05, 0.1) is 18.2 Å². The molecule has 0 amide bonds. The summed E-state index contributed by atoms with van der Waals surface area (Å²) in [4.78, 5) is 24.0. The average molecular weight is 304 g/mol. The Morgan fingerprint density at radius 1 is 1.10 bits per heavy atom. The number of aromatic carboxylic acids is 1. The van der Waals surface area contributed by atoms with Crippen LogP contribution in [-0.4, -0.2) is 29.3 Å². The quantitative estimate of drug-likeness (QED) is 0.845. The van der Waals surface area contributed by atoms with Gasteiger partial charge in [-0.2, -0.15) is 0 Å². The highest BCUT2D eigenvalue weighted by molar-refractivity contribution is 7.99. The molecule has 0 aliphatic rings. The average Bonchev–Trinajstić information content (AvgIpc) is 2.49. The van der Waals surface area contributed by atoms with E-state index in [1.807, 2.05) is 0 Å². The van der Waals surface area contributed by atoms with Crippen molar-refractivity contribution in [3.8, 4) is 5.75 Å². The monoisotopic (exact) mass is 304 g/mol. The summed E-state index contributed by atoms with van der Waals surface area (Å²) >= 11 is 1.24. The summed E-state index contributed by atoms with van der Waals surface area (Å²) in [6.07, 6.45) is 0. The lowest BCUT2D eigenvalue weighted by Crippen LogP contribution is -2.05. The van der Waals surface area contributed by atoms with Gasteiger partial charge in [-0.25, -0.2) is 9.59 Å². The highest BCUT2D eigenvalue weighted by Gasteiger charge is 2.15. The molecule has 0 saturated carbocycles. The molecule has 2 aromatic carbocycles. The van der Waals surface area contributed by atoms with E-state index in [0.717, 1.165) is 4.90 Å². The molecule has 0 atom stereocenters. The number of carboxylic acid groups (broad SMARTS) is 1. The molecule has 0 spiro atoms. The smallest absolute Gasteiger partial charge is 0.337 e. The number of esters is 1. The summed E-state index contributed by atoms with van der Waals surface area (Å²) in [6, 6.07) is 10.8. The van der Waals surface area contributed by atoms with E-state index in [4.69, 9.17) is 0 Å². The fourth-order valence-corrected chi connectivity index (χ4v) is 2.59. The first-order valence-corrected chi connectivity index (χ1v) is 6.75. The predicted molar refractivity (Wildman–Crippen MR) is 77.0 cm³/mol. The number of carbonyl (C=O) groups excluding carboxylic acids is 1. The van der Waals surface area contributed by atoms with Gasteiger partial charge in [0.25, 0.3) is 0 Å². The molecule has 0 heterocycles. The van der Waals surface area contributed by atoms with Crippen molar-refractivity contribution in [2.45, 2.75) is 9.79 Å². The number of phenolic OH excluding ortho intramolecular Hbond substituents is 1. The number of hydrogen-bond acceptors (Lipinski definition) is 5. The number of rotatable bonds is 4. The van der Waals surface area contributed by atoms with E-state index in [0.29, 0.717) is 4.90 Å². The minimum Gasteiger partial charge on any atom is -0.508 e. The van der Waals surface area contributed by atoms with Crippen LogP contribution in [0.3, 0.4) is 0 Å². The van der Waals surface area contributed by atoms with Crippen LogP contribution in [0.5, 0.6) is 5.75 Å². The number of hydrogen-bond donors (Lipinski definition) is 2. The second kappa shape index (κ2) is 6.32. The van der Waals surface area contributed by atoms with Gasteiger partial charge in [0.2, 0.25) is 0 Å². The van der Waals surface area contributed by atoms with Gasteiger partial charge >= 0.3 is 11.9 Å². The fourth-order valence-electron chi connectivity index (χ4n) is 1.67. The van der Waals surface area contributed by atoms with Crippen LogP contribution < -0.4 is 0 Å². The van der Waals surface area contributed by atoms with Gasteiger partial charge in [0.15, 0.2) is 0 Å². The third-order valence-corrected chi connectivity index (χ3v) is 3.78. The largest absolute Gasteiger partial charge is 0.508 e. The highest BCUT2D eigenvalue weighted by atomic mass is 32.2. The topological polar surface area (TPSA) is 83.8 Å². The first-order valence-electron chi connectivity index (χ1n) is 5.94. The first-order chi connectivity index (χ1) is 10.0. The Kier molecular flexibility index (Phi) is 4.49. The minimum absolute atomic E-state index is 0.0241. The van der Waals surface area contributed by atoms with Crippen LogP contribution in [0.15, 0.2) is 52.3 Å². The van der Waals surface area contributed by atoms with Crippen LogP contribution in [0.2, 0.25) is 0 Å². The molecule has 0 aliphatic carbocycles. The van der Waals surface area contributed by atoms with Crippen LogP contribution in [0.25, 0.3) is 0 Å². The van der Waals surface area contributed by atoms with Crippen LogP contribution in [-0.2, 0) is 4.74 Å². The zero-order valence-corrected chi connectivity index (χ0v) is 11.9. The predicted octanol–water partition coefficient (Wildman–Crippen LogP) is 3.03. The Labute approximate surface area is 125 Å². The lowest BCUT2D eigenvalue weighted by Gasteiger charge is -2.08. The molecule has 0 fully saturated rings. The standard InChI is InChI=1S/C15H12O5S/c1-20-15(19)9-2-7-13(12(8-9)14(17)18)21-11-5-3-10(16)4-6-11/h2-8,16H,1H3,(H,17,18). The molecule has 2 N–H and O–H groups in total. The lowest BCUT2D eigenvalue weighted by molar-refractivity contribution is 0.0600. The van der Waals surface area contributed by atoms with E-state index in [1.165, 1.54) is 43.1 Å². The third kappa shape index (κ3) is 3.55. The Morgan fingerprint density at radius 2 is 1.76 bits per heavy atom. The van der Waals surface area contributed by atoms with E-state index in [-0.39, 0.29) is 16.9 Å². The van der Waals surface area contributed by atoms with E-state index in [9.17, 15) is 19.8 Å². The third-order valence-electron chi connectivity index (χ3n) is 2.70. The molecular weight excluding hydrogens is 292 g/mol. The van der Waals surface area contributed by atoms with Crippen molar-refractivity contribution < 1.29 is 24.5 Å². The maximum absolute atomic E-state index is 11.4. The van der Waals surface area contributed by atoms with Gasteiger partial charge in [-0.1, -0.05) is 11.8 Å². The number of carbonyl (C=O) groups is 2. The minimum atomic E-state index is -1.12. The number of phenols is 1. The van der Waals surface area contributed by atoms with Gasteiger partial charge in [-0.3, -0.25) is 0 Å². The van der Waals surface area contributed by atoms with Crippen molar-refractivity contribution in [3.63, 3.8) is 0 Å². The number of benzene rings is 2. The highest BCUT2D eigenvalue weighted by Crippen LogP contribution is 2.32. The Bertz CT molecular complexity index is 679. The van der Waals surface area contributed by atoms with Crippen molar-refractivity contribution in [1.82, 2.24) is 0 Å².